The smallest absolute Gasteiger partial charge is 0.239 e. The highest BCUT2D eigenvalue weighted by Crippen LogP contribution is 2.30. The maximum Gasteiger partial charge on any atom is 0.239 e. The molecule has 2 aliphatic heterocycles. The SMILES string of the molecule is CC(C)(O)C1CCN(Cc2nc3nc(-n4c(CCO)nc5ccccc54)nc(N4CCOCC4)c3[nH]2)CC1. The van der Waals surface area contributed by atoms with Crippen LogP contribution in [0, 0.1) is 5.92 Å². The van der Waals surface area contributed by atoms with Gasteiger partial charge in [-0.3, -0.25) is 9.47 Å². The van der Waals surface area contributed by atoms with Crippen LogP contribution in [-0.2, 0) is 17.7 Å². The number of piperidine rings is 1. The molecule has 1 aromatic carbocycles. The number of ether oxygens (including phenoxy) is 1. The first kappa shape index (κ1) is 25.2. The van der Waals surface area contributed by atoms with E-state index in [0.717, 1.165) is 67.2 Å². The lowest BCUT2D eigenvalue weighted by Gasteiger charge is -2.37. The van der Waals surface area contributed by atoms with Crippen molar-refractivity contribution in [1.82, 2.24) is 34.4 Å². The Morgan fingerprint density at radius 2 is 1.79 bits per heavy atom. The van der Waals surface area contributed by atoms with Gasteiger partial charge in [0.25, 0.3) is 0 Å². The van der Waals surface area contributed by atoms with Gasteiger partial charge in [-0.1, -0.05) is 12.1 Å². The van der Waals surface area contributed by atoms with Crippen LogP contribution in [0.2, 0.25) is 0 Å². The average Bonchev–Trinajstić information content (AvgIpc) is 3.49. The lowest BCUT2D eigenvalue weighted by Crippen LogP contribution is -2.41. The number of fused-ring (bicyclic) bond motifs is 2. The number of aromatic amines is 1. The Morgan fingerprint density at radius 3 is 2.53 bits per heavy atom. The summed E-state index contributed by atoms with van der Waals surface area (Å²) in [5.41, 5.74) is 2.53. The molecule has 2 saturated heterocycles. The van der Waals surface area contributed by atoms with E-state index >= 15 is 0 Å². The first-order chi connectivity index (χ1) is 18.4. The molecule has 6 rings (SSSR count). The molecule has 0 unspecified atom stereocenters. The number of hydrogen-bond donors (Lipinski definition) is 3. The molecule has 11 heteroatoms. The molecule has 0 amide bonds. The number of nitrogens with zero attached hydrogens (tertiary/aromatic N) is 7. The van der Waals surface area contributed by atoms with Gasteiger partial charge < -0.3 is 24.8 Å². The van der Waals surface area contributed by atoms with Crippen LogP contribution < -0.4 is 4.90 Å². The van der Waals surface area contributed by atoms with Crippen LogP contribution in [0.5, 0.6) is 0 Å². The number of aliphatic hydroxyl groups is 2. The Kier molecular flexibility index (Phi) is 6.77. The van der Waals surface area contributed by atoms with Crippen LogP contribution in [0.1, 0.15) is 38.3 Å². The van der Waals surface area contributed by atoms with Crippen molar-refractivity contribution in [2.24, 2.45) is 5.92 Å². The van der Waals surface area contributed by atoms with E-state index in [4.69, 9.17) is 24.7 Å². The Labute approximate surface area is 221 Å². The molecule has 3 aromatic heterocycles. The minimum absolute atomic E-state index is 0.0153. The second kappa shape index (κ2) is 10.2. The molecule has 0 spiro atoms. The molecular weight excluding hydrogens is 484 g/mol. The zero-order chi connectivity index (χ0) is 26.3. The highest BCUT2D eigenvalue weighted by atomic mass is 16.5. The largest absolute Gasteiger partial charge is 0.396 e. The van der Waals surface area contributed by atoms with E-state index in [1.807, 2.05) is 42.7 Å². The minimum Gasteiger partial charge on any atom is -0.396 e. The molecule has 2 fully saturated rings. The van der Waals surface area contributed by atoms with Gasteiger partial charge in [0.1, 0.15) is 17.2 Å². The lowest BCUT2D eigenvalue weighted by molar-refractivity contribution is -0.0138. The zero-order valence-corrected chi connectivity index (χ0v) is 22.1. The number of aliphatic hydroxyl groups excluding tert-OH is 1. The number of rotatable bonds is 7. The number of hydrogen-bond acceptors (Lipinski definition) is 9. The summed E-state index contributed by atoms with van der Waals surface area (Å²) in [7, 11) is 0. The van der Waals surface area contributed by atoms with Crippen LogP contribution in [0.3, 0.4) is 0 Å². The second-order valence-corrected chi connectivity index (χ2v) is 10.9. The van der Waals surface area contributed by atoms with Gasteiger partial charge in [0.2, 0.25) is 5.95 Å². The van der Waals surface area contributed by atoms with Crippen LogP contribution in [-0.4, -0.2) is 96.2 Å². The summed E-state index contributed by atoms with van der Waals surface area (Å²) in [6.45, 7) is 9.08. The molecule has 0 atom stereocenters. The van der Waals surface area contributed by atoms with Crippen molar-refractivity contribution in [1.29, 1.82) is 0 Å². The standard InChI is InChI=1S/C27H36N8O3/c1-27(2,37)18-7-10-33(11-8-18)17-21-29-23-24(30-21)31-26(32-25(23)34-12-15-38-16-13-34)35-20-6-4-3-5-19(20)28-22(35)9-14-36/h3-6,18,36-37H,7-17H2,1-2H3,(H,29,30,31,32). The minimum atomic E-state index is -0.642. The van der Waals surface area contributed by atoms with E-state index in [9.17, 15) is 10.2 Å². The van der Waals surface area contributed by atoms with Gasteiger partial charge in [-0.2, -0.15) is 9.97 Å². The molecule has 4 aromatic rings. The average molecular weight is 521 g/mol. The topological polar surface area (TPSA) is 128 Å². The molecule has 0 bridgehead atoms. The summed E-state index contributed by atoms with van der Waals surface area (Å²) in [6.07, 6.45) is 2.33. The van der Waals surface area contributed by atoms with E-state index in [0.29, 0.717) is 49.5 Å². The molecule has 3 N–H and O–H groups in total. The summed E-state index contributed by atoms with van der Waals surface area (Å²) in [5, 5.41) is 20.1. The fourth-order valence-corrected chi connectivity index (χ4v) is 5.67. The summed E-state index contributed by atoms with van der Waals surface area (Å²) < 4.78 is 7.54. The second-order valence-electron chi connectivity index (χ2n) is 10.9. The van der Waals surface area contributed by atoms with Gasteiger partial charge in [0, 0.05) is 19.5 Å². The number of imidazole rings is 2. The molecule has 0 saturated carbocycles. The first-order valence-corrected chi connectivity index (χ1v) is 13.5. The molecule has 0 aliphatic carbocycles. The van der Waals surface area contributed by atoms with E-state index < -0.39 is 5.60 Å². The van der Waals surface area contributed by atoms with Crippen LogP contribution >= 0.6 is 0 Å². The number of likely N-dealkylation sites (tertiary alicyclic amines) is 1. The number of aromatic nitrogens is 6. The molecule has 202 valence electrons. The summed E-state index contributed by atoms with van der Waals surface area (Å²) in [6, 6.07) is 7.88. The third-order valence-electron chi connectivity index (χ3n) is 7.81. The fourth-order valence-electron chi connectivity index (χ4n) is 5.67. The third kappa shape index (κ3) is 4.86. The zero-order valence-electron chi connectivity index (χ0n) is 22.1. The van der Waals surface area contributed by atoms with E-state index in [1.54, 1.807) is 0 Å². The van der Waals surface area contributed by atoms with Crippen molar-refractivity contribution in [2.45, 2.75) is 45.3 Å². The number of nitrogens with one attached hydrogen (secondary N) is 1. The van der Waals surface area contributed by atoms with E-state index in [1.165, 1.54) is 0 Å². The van der Waals surface area contributed by atoms with Crippen molar-refractivity contribution < 1.29 is 14.9 Å². The van der Waals surface area contributed by atoms with Crippen molar-refractivity contribution in [3.63, 3.8) is 0 Å². The summed E-state index contributed by atoms with van der Waals surface area (Å²) in [5.74, 6) is 3.19. The maximum atomic E-state index is 10.4. The predicted octanol–water partition coefficient (Wildman–Crippen LogP) is 2.05. The van der Waals surface area contributed by atoms with E-state index in [-0.39, 0.29) is 6.61 Å². The van der Waals surface area contributed by atoms with Gasteiger partial charge >= 0.3 is 0 Å². The number of para-hydroxylation sites is 2. The molecule has 11 nitrogen and oxygen atoms in total. The Bertz CT molecular complexity index is 1410. The van der Waals surface area contributed by atoms with Crippen molar-refractivity contribution >= 4 is 28.0 Å². The Balaban J connectivity index is 1.38. The third-order valence-corrected chi connectivity index (χ3v) is 7.81. The van der Waals surface area contributed by atoms with Crippen molar-refractivity contribution in [3.05, 3.63) is 35.9 Å². The predicted molar refractivity (Wildman–Crippen MR) is 144 cm³/mol. The van der Waals surface area contributed by atoms with Gasteiger partial charge in [-0.25, -0.2) is 9.97 Å². The van der Waals surface area contributed by atoms with Gasteiger partial charge in [0.15, 0.2) is 11.5 Å². The van der Waals surface area contributed by atoms with Crippen LogP contribution in [0.4, 0.5) is 5.82 Å². The molecule has 5 heterocycles. The highest BCUT2D eigenvalue weighted by Gasteiger charge is 2.31. The van der Waals surface area contributed by atoms with Gasteiger partial charge in [-0.15, -0.1) is 0 Å². The van der Waals surface area contributed by atoms with Crippen LogP contribution in [0.25, 0.3) is 28.1 Å². The molecule has 2 aliphatic rings. The lowest BCUT2D eigenvalue weighted by atomic mass is 9.83. The van der Waals surface area contributed by atoms with E-state index in [2.05, 4.69) is 14.8 Å². The van der Waals surface area contributed by atoms with Gasteiger partial charge in [0.05, 0.1) is 43.0 Å². The summed E-state index contributed by atoms with van der Waals surface area (Å²) >= 11 is 0. The quantitative estimate of drug-likeness (QED) is 0.335. The maximum absolute atomic E-state index is 10.4. The van der Waals surface area contributed by atoms with Crippen molar-refractivity contribution in [2.75, 3.05) is 50.9 Å². The molecular formula is C27H36N8O3. The first-order valence-electron chi connectivity index (χ1n) is 13.5. The van der Waals surface area contributed by atoms with Gasteiger partial charge in [-0.05, 0) is 57.8 Å². The monoisotopic (exact) mass is 520 g/mol. The fraction of sp³-hybridized carbons (Fsp3) is 0.556. The highest BCUT2D eigenvalue weighted by molar-refractivity contribution is 5.85. The van der Waals surface area contributed by atoms with Crippen LogP contribution in [0.15, 0.2) is 24.3 Å². The number of morpholine rings is 1. The number of benzene rings is 1. The Morgan fingerprint density at radius 1 is 1.03 bits per heavy atom. The molecule has 0 radical (unpaired) electrons. The summed E-state index contributed by atoms with van der Waals surface area (Å²) in [4.78, 5) is 27.7. The normalized spacial score (nSPS) is 18.2. The van der Waals surface area contributed by atoms with Crippen molar-refractivity contribution in [3.8, 4) is 5.95 Å². The number of anilines is 1. The number of H-pyrrole nitrogens is 1. The molecule has 38 heavy (non-hydrogen) atoms. The Hall–Kier alpha value is -3.12.